The third-order valence-electron chi connectivity index (χ3n) is 4.47. The molecule has 0 radical (unpaired) electrons. The monoisotopic (exact) mass is 236 g/mol. The van der Waals surface area contributed by atoms with Crippen LogP contribution in [-0.2, 0) is 0 Å². The van der Waals surface area contributed by atoms with Gasteiger partial charge in [0.25, 0.3) is 0 Å². The highest BCUT2D eigenvalue weighted by molar-refractivity contribution is 5.67. The number of rotatable bonds is 2. The molecule has 3 rings (SSSR count). The van der Waals surface area contributed by atoms with E-state index in [2.05, 4.69) is 69.3 Å². The van der Waals surface area contributed by atoms with E-state index in [9.17, 15) is 0 Å². The first-order chi connectivity index (χ1) is 8.60. The largest absolute Gasteiger partial charge is 0.0804 e. The van der Waals surface area contributed by atoms with Crippen molar-refractivity contribution in [3.05, 3.63) is 64.8 Å². The summed E-state index contributed by atoms with van der Waals surface area (Å²) in [6.45, 7) is 7.04. The second-order valence-corrected chi connectivity index (χ2v) is 6.00. The van der Waals surface area contributed by atoms with Gasteiger partial charge in [-0.1, -0.05) is 73.6 Å². The first kappa shape index (κ1) is 11.5. The summed E-state index contributed by atoms with van der Waals surface area (Å²) >= 11 is 0. The molecule has 0 aliphatic heterocycles. The number of allylic oxidation sites excluding steroid dienone is 5. The van der Waals surface area contributed by atoms with Crippen LogP contribution in [0.4, 0.5) is 0 Å². The fourth-order valence-corrected chi connectivity index (χ4v) is 3.55. The van der Waals surface area contributed by atoms with Crippen LogP contribution in [0.15, 0.2) is 53.6 Å². The fourth-order valence-electron chi connectivity index (χ4n) is 3.55. The second-order valence-electron chi connectivity index (χ2n) is 6.00. The Morgan fingerprint density at radius 3 is 2.67 bits per heavy atom. The maximum atomic E-state index is 2.38. The predicted molar refractivity (Wildman–Crippen MR) is 78.5 cm³/mol. The summed E-state index contributed by atoms with van der Waals surface area (Å²) in [4.78, 5) is 0. The lowest BCUT2D eigenvalue weighted by atomic mass is 9.68. The molecule has 2 aliphatic carbocycles. The topological polar surface area (TPSA) is 0 Å². The van der Waals surface area contributed by atoms with Crippen molar-refractivity contribution in [2.45, 2.75) is 33.1 Å². The molecule has 1 aromatic rings. The number of fused-ring (bicyclic) bond motifs is 1. The van der Waals surface area contributed by atoms with E-state index in [1.807, 2.05) is 0 Å². The Kier molecular flexibility index (Phi) is 2.55. The zero-order valence-electron chi connectivity index (χ0n) is 11.4. The van der Waals surface area contributed by atoms with Crippen LogP contribution in [0.5, 0.6) is 0 Å². The van der Waals surface area contributed by atoms with E-state index in [4.69, 9.17) is 0 Å². The summed E-state index contributed by atoms with van der Waals surface area (Å²) in [5.41, 5.74) is 6.15. The van der Waals surface area contributed by atoms with Gasteiger partial charge < -0.3 is 0 Å². The summed E-state index contributed by atoms with van der Waals surface area (Å²) in [6.07, 6.45) is 10.2. The van der Waals surface area contributed by atoms with Crippen LogP contribution in [0.25, 0.3) is 6.08 Å². The lowest BCUT2D eigenvalue weighted by Gasteiger charge is -2.35. The summed E-state index contributed by atoms with van der Waals surface area (Å²) in [6, 6.07) is 8.82. The predicted octanol–water partition coefficient (Wildman–Crippen LogP) is 5.10. The van der Waals surface area contributed by atoms with Crippen LogP contribution >= 0.6 is 0 Å². The van der Waals surface area contributed by atoms with E-state index in [0.29, 0.717) is 5.92 Å². The average molecular weight is 236 g/mol. The van der Waals surface area contributed by atoms with Crippen LogP contribution in [0.1, 0.15) is 44.2 Å². The highest BCUT2D eigenvalue weighted by Gasteiger charge is 2.38. The maximum absolute atomic E-state index is 2.38. The van der Waals surface area contributed by atoms with E-state index < -0.39 is 0 Å². The Morgan fingerprint density at radius 1 is 1.17 bits per heavy atom. The van der Waals surface area contributed by atoms with Gasteiger partial charge in [-0.05, 0) is 29.9 Å². The zero-order chi connectivity index (χ0) is 12.8. The summed E-state index contributed by atoms with van der Waals surface area (Å²) in [5, 5.41) is 0. The average Bonchev–Trinajstić information content (AvgIpc) is 2.94. The van der Waals surface area contributed by atoms with Gasteiger partial charge in [-0.3, -0.25) is 0 Å². The Balaban J connectivity index is 2.05. The SMILES string of the molecule is CC1=Cc2ccccc2C1C(C)(C)C1=CC=CC1. The molecule has 1 atom stereocenters. The van der Waals surface area contributed by atoms with Gasteiger partial charge in [0.15, 0.2) is 0 Å². The van der Waals surface area contributed by atoms with Gasteiger partial charge in [0.05, 0.1) is 0 Å². The smallest absolute Gasteiger partial charge is 0.0143 e. The third kappa shape index (κ3) is 1.59. The molecule has 0 spiro atoms. The zero-order valence-corrected chi connectivity index (χ0v) is 11.4. The molecule has 0 saturated carbocycles. The molecule has 0 saturated heterocycles. The number of hydrogen-bond acceptors (Lipinski definition) is 0. The Labute approximate surface area is 110 Å². The molecule has 18 heavy (non-hydrogen) atoms. The van der Waals surface area contributed by atoms with Crippen molar-refractivity contribution in [1.29, 1.82) is 0 Å². The minimum Gasteiger partial charge on any atom is -0.0804 e. The van der Waals surface area contributed by atoms with Crippen LogP contribution < -0.4 is 0 Å². The lowest BCUT2D eigenvalue weighted by molar-refractivity contribution is 0.383. The molecule has 0 heteroatoms. The molecule has 0 fully saturated rings. The van der Waals surface area contributed by atoms with E-state index in [1.54, 1.807) is 5.57 Å². The summed E-state index contributed by atoms with van der Waals surface area (Å²) < 4.78 is 0. The molecule has 0 aromatic heterocycles. The highest BCUT2D eigenvalue weighted by atomic mass is 14.4. The fraction of sp³-hybridized carbons (Fsp3) is 0.333. The standard InChI is InChI=1S/C18H20/c1-13-12-14-8-4-7-11-16(14)17(13)18(2,3)15-9-5-6-10-15/h4-9,11-12,17H,10H2,1-3H3. The summed E-state index contributed by atoms with van der Waals surface area (Å²) in [5.74, 6) is 0.528. The molecule has 0 N–H and O–H groups in total. The molecule has 0 bridgehead atoms. The van der Waals surface area contributed by atoms with Crippen LogP contribution in [0.2, 0.25) is 0 Å². The Bertz CT molecular complexity index is 567. The van der Waals surface area contributed by atoms with Crippen molar-refractivity contribution in [1.82, 2.24) is 0 Å². The van der Waals surface area contributed by atoms with Gasteiger partial charge >= 0.3 is 0 Å². The molecule has 2 aliphatic rings. The minimum atomic E-state index is 0.205. The van der Waals surface area contributed by atoms with Crippen molar-refractivity contribution in [3.8, 4) is 0 Å². The van der Waals surface area contributed by atoms with Crippen molar-refractivity contribution >= 4 is 6.08 Å². The quantitative estimate of drug-likeness (QED) is 0.670. The molecular weight excluding hydrogens is 216 g/mol. The molecule has 0 heterocycles. The third-order valence-corrected chi connectivity index (χ3v) is 4.47. The van der Waals surface area contributed by atoms with Crippen LogP contribution in [-0.4, -0.2) is 0 Å². The Hall–Kier alpha value is -1.56. The summed E-state index contributed by atoms with van der Waals surface area (Å²) in [7, 11) is 0. The first-order valence-corrected chi connectivity index (χ1v) is 6.74. The van der Waals surface area contributed by atoms with E-state index in [-0.39, 0.29) is 5.41 Å². The Morgan fingerprint density at radius 2 is 1.94 bits per heavy atom. The molecule has 0 nitrogen and oxygen atoms in total. The lowest BCUT2D eigenvalue weighted by Crippen LogP contribution is -2.24. The van der Waals surface area contributed by atoms with Gasteiger partial charge in [-0.25, -0.2) is 0 Å². The molecule has 92 valence electrons. The normalized spacial score (nSPS) is 21.8. The van der Waals surface area contributed by atoms with Crippen molar-refractivity contribution in [2.75, 3.05) is 0 Å². The number of hydrogen-bond donors (Lipinski definition) is 0. The molecule has 0 amide bonds. The van der Waals surface area contributed by atoms with Crippen molar-refractivity contribution in [2.24, 2.45) is 5.41 Å². The second kappa shape index (κ2) is 3.98. The van der Waals surface area contributed by atoms with Gasteiger partial charge in [0.1, 0.15) is 0 Å². The van der Waals surface area contributed by atoms with Crippen LogP contribution in [0.3, 0.4) is 0 Å². The van der Waals surface area contributed by atoms with E-state index in [0.717, 1.165) is 6.42 Å². The van der Waals surface area contributed by atoms with Gasteiger partial charge in [0.2, 0.25) is 0 Å². The number of benzene rings is 1. The minimum absolute atomic E-state index is 0.205. The van der Waals surface area contributed by atoms with Gasteiger partial charge in [-0.15, -0.1) is 0 Å². The molecular formula is C18H20. The first-order valence-electron chi connectivity index (χ1n) is 6.74. The van der Waals surface area contributed by atoms with Gasteiger partial charge in [0, 0.05) is 5.92 Å². The van der Waals surface area contributed by atoms with E-state index in [1.165, 1.54) is 16.7 Å². The van der Waals surface area contributed by atoms with E-state index >= 15 is 0 Å². The van der Waals surface area contributed by atoms with Gasteiger partial charge in [-0.2, -0.15) is 0 Å². The maximum Gasteiger partial charge on any atom is 0.0143 e. The highest BCUT2D eigenvalue weighted by Crippen LogP contribution is 2.51. The van der Waals surface area contributed by atoms with Crippen molar-refractivity contribution in [3.63, 3.8) is 0 Å². The molecule has 1 unspecified atom stereocenters. The molecule has 1 aromatic carbocycles. The van der Waals surface area contributed by atoms with Crippen molar-refractivity contribution < 1.29 is 0 Å². The van der Waals surface area contributed by atoms with Crippen LogP contribution in [0, 0.1) is 5.41 Å².